The zero-order valence-electron chi connectivity index (χ0n) is 16.9. The van der Waals surface area contributed by atoms with Crippen molar-refractivity contribution in [1.29, 1.82) is 0 Å². The maximum absolute atomic E-state index is 12.4. The second kappa shape index (κ2) is 7.36. The fraction of sp³-hybridized carbons (Fsp3) is 0.130. The Balaban J connectivity index is 1.61. The van der Waals surface area contributed by atoms with Crippen LogP contribution in [0.25, 0.3) is 6.08 Å². The fourth-order valence-corrected chi connectivity index (χ4v) is 10.5. The molecule has 1 aromatic heterocycles. The van der Waals surface area contributed by atoms with Gasteiger partial charge in [0.2, 0.25) is 0 Å². The number of anilines is 3. The van der Waals surface area contributed by atoms with Gasteiger partial charge in [0, 0.05) is 0 Å². The molecule has 0 aliphatic carbocycles. The monoisotopic (exact) mass is 512 g/mol. The first-order valence-corrected chi connectivity index (χ1v) is 15.6. The van der Waals surface area contributed by atoms with E-state index in [4.69, 9.17) is 12.2 Å². The summed E-state index contributed by atoms with van der Waals surface area (Å²) in [7, 11) is -0.0146. The number of para-hydroxylation sites is 2. The molecule has 3 heterocycles. The van der Waals surface area contributed by atoms with Crippen molar-refractivity contribution in [3.05, 3.63) is 70.0 Å². The molecule has 0 saturated carbocycles. The van der Waals surface area contributed by atoms with Crippen LogP contribution in [-0.2, 0) is 4.79 Å². The first kappa shape index (κ1) is 20.0. The minimum absolute atomic E-state index is 0.00318. The standard InChI is InChI=1S/C23H20N2OS2SeSi/c1-24-22(26)18(28-23(24)27)14-15-12-13-21(29-15)25-16-8-4-6-10-19(16)30(2,3)20-11-7-5-9-17(20)25/h4-14H,1-3H3/b18-14+. The van der Waals surface area contributed by atoms with Gasteiger partial charge in [0.25, 0.3) is 0 Å². The van der Waals surface area contributed by atoms with E-state index in [9.17, 15) is 4.79 Å². The predicted molar refractivity (Wildman–Crippen MR) is 136 cm³/mol. The van der Waals surface area contributed by atoms with Crippen molar-refractivity contribution in [2.75, 3.05) is 11.9 Å². The van der Waals surface area contributed by atoms with Gasteiger partial charge in [-0.1, -0.05) is 0 Å². The molecule has 30 heavy (non-hydrogen) atoms. The number of nitrogens with zero attached hydrogens (tertiary/aromatic N) is 2. The Labute approximate surface area is 193 Å². The van der Waals surface area contributed by atoms with Gasteiger partial charge >= 0.3 is 194 Å². The van der Waals surface area contributed by atoms with Crippen LogP contribution in [0.15, 0.2) is 65.6 Å². The molecule has 1 saturated heterocycles. The Morgan fingerprint density at radius 3 is 2.13 bits per heavy atom. The molecule has 1 fully saturated rings. The molecule has 0 atom stereocenters. The molecule has 3 nitrogen and oxygen atoms in total. The maximum atomic E-state index is 12.4. The summed E-state index contributed by atoms with van der Waals surface area (Å²) in [6, 6.07) is 22.0. The van der Waals surface area contributed by atoms with Crippen LogP contribution in [0.2, 0.25) is 13.1 Å². The summed E-state index contributed by atoms with van der Waals surface area (Å²) >= 11 is 6.77. The number of carbonyl (C=O) groups excluding carboxylic acids is 1. The number of thiocarbonyl (C=S) groups is 1. The van der Waals surface area contributed by atoms with Crippen LogP contribution in [0.3, 0.4) is 0 Å². The van der Waals surface area contributed by atoms with Crippen LogP contribution in [0, 0.1) is 0 Å². The summed E-state index contributed by atoms with van der Waals surface area (Å²) in [4.78, 5) is 17.1. The number of amides is 1. The SMILES string of the molecule is CN1C(=O)/C(=C\c2ccc(N3c4ccccc4[Si](C)(C)c4ccccc43)[se]2)SC1=S. The molecule has 0 bridgehead atoms. The molecular formula is C23H20N2OS2SeSi. The van der Waals surface area contributed by atoms with E-state index in [-0.39, 0.29) is 20.4 Å². The van der Waals surface area contributed by atoms with E-state index in [1.54, 1.807) is 11.9 Å². The second-order valence-corrected chi connectivity index (χ2v) is 16.2. The van der Waals surface area contributed by atoms with Crippen LogP contribution in [-0.4, -0.2) is 44.8 Å². The van der Waals surface area contributed by atoms with E-state index in [1.165, 1.54) is 42.5 Å². The number of hydrogen-bond acceptors (Lipinski definition) is 4. The molecule has 0 radical (unpaired) electrons. The van der Waals surface area contributed by atoms with Gasteiger partial charge in [-0.25, -0.2) is 0 Å². The minimum atomic E-state index is -1.75. The molecular weight excluding hydrogens is 491 g/mol. The number of fused-ring (bicyclic) bond motifs is 2. The summed E-state index contributed by atoms with van der Waals surface area (Å²) < 4.78 is 3.12. The number of likely N-dealkylation sites (N-methyl/N-ethyl adjacent to an activating group) is 1. The molecule has 5 rings (SSSR count). The molecule has 0 unspecified atom stereocenters. The van der Waals surface area contributed by atoms with Crippen molar-refractivity contribution in [1.82, 2.24) is 4.90 Å². The second-order valence-electron chi connectivity index (χ2n) is 7.91. The number of carbonyl (C=O) groups is 1. The summed E-state index contributed by atoms with van der Waals surface area (Å²) in [6.45, 7) is 4.87. The Morgan fingerprint density at radius 2 is 1.57 bits per heavy atom. The third-order valence-electron chi connectivity index (χ3n) is 5.73. The molecule has 0 N–H and O–H groups in total. The first-order valence-electron chi connectivity index (χ1n) is 9.68. The van der Waals surface area contributed by atoms with Crippen LogP contribution in [0.5, 0.6) is 0 Å². The van der Waals surface area contributed by atoms with Crippen molar-refractivity contribution in [3.8, 4) is 0 Å². The van der Waals surface area contributed by atoms with Gasteiger partial charge in [-0.05, 0) is 0 Å². The molecule has 7 heteroatoms. The topological polar surface area (TPSA) is 23.6 Å². The van der Waals surface area contributed by atoms with E-state index in [0.717, 1.165) is 4.91 Å². The van der Waals surface area contributed by atoms with Gasteiger partial charge in [0.1, 0.15) is 0 Å². The average molecular weight is 512 g/mol. The van der Waals surface area contributed by atoms with Crippen LogP contribution < -0.4 is 15.3 Å². The molecule has 150 valence electrons. The molecule has 2 aromatic carbocycles. The van der Waals surface area contributed by atoms with Gasteiger partial charge in [-0.3, -0.25) is 0 Å². The Morgan fingerprint density at radius 1 is 0.967 bits per heavy atom. The molecule has 3 aromatic rings. The number of hydrogen-bond donors (Lipinski definition) is 0. The number of rotatable bonds is 2. The Bertz CT molecular complexity index is 1180. The fourth-order valence-electron chi connectivity index (χ4n) is 4.12. The summed E-state index contributed by atoms with van der Waals surface area (Å²) in [5, 5.41) is 2.95. The van der Waals surface area contributed by atoms with Crippen LogP contribution >= 0.6 is 24.0 Å². The van der Waals surface area contributed by atoms with E-state index in [2.05, 4.69) is 78.7 Å². The number of thioether (sulfide) groups is 1. The van der Waals surface area contributed by atoms with E-state index in [1.807, 2.05) is 6.08 Å². The number of benzene rings is 2. The van der Waals surface area contributed by atoms with Crippen molar-refractivity contribution in [2.45, 2.75) is 13.1 Å². The third-order valence-corrected chi connectivity index (χ3v) is 12.9. The molecule has 1 amide bonds. The zero-order chi connectivity index (χ0) is 21.0. The zero-order valence-corrected chi connectivity index (χ0v) is 21.2. The van der Waals surface area contributed by atoms with E-state index in [0.29, 0.717) is 4.32 Å². The van der Waals surface area contributed by atoms with Gasteiger partial charge in [-0.2, -0.15) is 0 Å². The normalized spacial score (nSPS) is 18.7. The van der Waals surface area contributed by atoms with Crippen molar-refractivity contribution < 1.29 is 4.79 Å². The van der Waals surface area contributed by atoms with Gasteiger partial charge in [-0.15, -0.1) is 0 Å². The quantitative estimate of drug-likeness (QED) is 0.293. The Hall–Kier alpha value is -1.89. The van der Waals surface area contributed by atoms with Crippen LogP contribution in [0.1, 0.15) is 4.44 Å². The molecule has 2 aliphatic heterocycles. The van der Waals surface area contributed by atoms with Gasteiger partial charge in [0.15, 0.2) is 0 Å². The van der Waals surface area contributed by atoms with Crippen LogP contribution in [0.4, 0.5) is 15.9 Å². The summed E-state index contributed by atoms with van der Waals surface area (Å²) in [5.41, 5.74) is 2.60. The third kappa shape index (κ3) is 3.08. The first-order chi connectivity index (χ1) is 14.4. The summed E-state index contributed by atoms with van der Waals surface area (Å²) in [5.74, 6) is -0.00318. The van der Waals surface area contributed by atoms with Gasteiger partial charge in [0.05, 0.1) is 0 Å². The van der Waals surface area contributed by atoms with Crippen molar-refractivity contribution in [2.24, 2.45) is 0 Å². The predicted octanol–water partition coefficient (Wildman–Crippen LogP) is 4.18. The van der Waals surface area contributed by atoms with E-state index >= 15 is 0 Å². The molecule has 2 aliphatic rings. The summed E-state index contributed by atoms with van der Waals surface area (Å²) in [6.07, 6.45) is 2.02. The Kier molecular flexibility index (Phi) is 4.91. The average Bonchev–Trinajstić information content (AvgIpc) is 3.29. The van der Waals surface area contributed by atoms with E-state index < -0.39 is 8.07 Å². The van der Waals surface area contributed by atoms with Crippen molar-refractivity contribution >= 4 is 89.2 Å². The molecule has 0 spiro atoms. The van der Waals surface area contributed by atoms with Crippen molar-refractivity contribution in [3.63, 3.8) is 0 Å². The van der Waals surface area contributed by atoms with Gasteiger partial charge < -0.3 is 0 Å².